The molecule has 3 rings (SSSR count). The molecule has 0 radical (unpaired) electrons. The minimum atomic E-state index is -0.184. The van der Waals surface area contributed by atoms with E-state index in [2.05, 4.69) is 18.2 Å². The molecule has 2 N–H and O–H groups in total. The molecule has 0 bridgehead atoms. The van der Waals surface area contributed by atoms with E-state index in [4.69, 9.17) is 5.73 Å². The summed E-state index contributed by atoms with van der Waals surface area (Å²) in [5.74, 6) is 1.62. The Hall–Kier alpha value is -1.22. The van der Waals surface area contributed by atoms with Crippen LogP contribution in [0.25, 0.3) is 5.57 Å². The molecule has 0 fully saturated rings. The van der Waals surface area contributed by atoms with Gasteiger partial charge >= 0.3 is 0 Å². The van der Waals surface area contributed by atoms with Crippen molar-refractivity contribution >= 4 is 23.2 Å². The van der Waals surface area contributed by atoms with Crippen molar-refractivity contribution in [2.24, 2.45) is 11.7 Å². The lowest BCUT2D eigenvalue weighted by atomic mass is 9.93. The fraction of sp³-hybridized carbons (Fsp3) is 0.308. The van der Waals surface area contributed by atoms with Crippen LogP contribution in [0.3, 0.4) is 0 Å². The first-order valence-electron chi connectivity index (χ1n) is 5.44. The van der Waals surface area contributed by atoms with Gasteiger partial charge in [0.1, 0.15) is 0 Å². The maximum atomic E-state index is 11.5. The zero-order chi connectivity index (χ0) is 11.1. The van der Waals surface area contributed by atoms with Crippen LogP contribution in [-0.2, 0) is 11.2 Å². The van der Waals surface area contributed by atoms with Crippen molar-refractivity contribution in [2.45, 2.75) is 6.42 Å². The molecular formula is C13H13NOS. The Kier molecular flexibility index (Phi) is 2.28. The lowest BCUT2D eigenvalue weighted by Crippen LogP contribution is -2.28. The molecule has 1 amide bonds. The van der Waals surface area contributed by atoms with E-state index in [1.54, 1.807) is 0 Å². The Morgan fingerprint density at radius 1 is 1.38 bits per heavy atom. The molecule has 1 aliphatic carbocycles. The van der Waals surface area contributed by atoms with Crippen LogP contribution in [0.2, 0.25) is 0 Å². The second-order valence-corrected chi connectivity index (χ2v) is 5.35. The fourth-order valence-electron chi connectivity index (χ4n) is 2.62. The van der Waals surface area contributed by atoms with Crippen LogP contribution in [0.15, 0.2) is 29.8 Å². The number of carbonyl (C=O) groups is 1. The Morgan fingerprint density at radius 3 is 3.00 bits per heavy atom. The third kappa shape index (κ3) is 1.39. The van der Waals surface area contributed by atoms with Crippen molar-refractivity contribution in [1.29, 1.82) is 0 Å². The standard InChI is InChI=1S/C13H13NOS/c14-13(15)11-7-16-6-9-5-8-3-1-2-4-10(8)12(9)11/h1-4,11H,5-7H2,(H2,14,15). The van der Waals surface area contributed by atoms with Gasteiger partial charge in [-0.2, -0.15) is 11.8 Å². The summed E-state index contributed by atoms with van der Waals surface area (Å²) in [6.45, 7) is 0. The van der Waals surface area contributed by atoms with Gasteiger partial charge in [0.25, 0.3) is 0 Å². The first-order chi connectivity index (χ1) is 7.77. The zero-order valence-electron chi connectivity index (χ0n) is 8.90. The van der Waals surface area contributed by atoms with Gasteiger partial charge < -0.3 is 5.73 Å². The predicted molar refractivity (Wildman–Crippen MR) is 67.1 cm³/mol. The van der Waals surface area contributed by atoms with Crippen LogP contribution in [0, 0.1) is 5.92 Å². The van der Waals surface area contributed by atoms with E-state index in [0.29, 0.717) is 0 Å². The van der Waals surface area contributed by atoms with E-state index in [9.17, 15) is 4.79 Å². The Balaban J connectivity index is 2.12. The topological polar surface area (TPSA) is 43.1 Å². The van der Waals surface area contributed by atoms with Crippen LogP contribution in [0.4, 0.5) is 0 Å². The molecule has 0 saturated carbocycles. The molecule has 1 heterocycles. The normalized spacial score (nSPS) is 22.9. The Morgan fingerprint density at radius 2 is 2.19 bits per heavy atom. The number of rotatable bonds is 1. The lowest BCUT2D eigenvalue weighted by Gasteiger charge is -2.22. The fourth-order valence-corrected chi connectivity index (χ4v) is 3.81. The largest absolute Gasteiger partial charge is 0.369 e. The van der Waals surface area contributed by atoms with Crippen LogP contribution in [0.5, 0.6) is 0 Å². The molecule has 1 aromatic rings. The van der Waals surface area contributed by atoms with Crippen molar-refractivity contribution in [3.05, 3.63) is 41.0 Å². The highest BCUT2D eigenvalue weighted by molar-refractivity contribution is 7.99. The highest BCUT2D eigenvalue weighted by Crippen LogP contribution is 2.43. The van der Waals surface area contributed by atoms with E-state index < -0.39 is 0 Å². The summed E-state index contributed by atoms with van der Waals surface area (Å²) in [4.78, 5) is 11.5. The molecule has 1 atom stereocenters. The van der Waals surface area contributed by atoms with Gasteiger partial charge in [-0.15, -0.1) is 0 Å². The first-order valence-corrected chi connectivity index (χ1v) is 6.60. The molecule has 0 aromatic heterocycles. The first kappa shape index (κ1) is 9.97. The van der Waals surface area contributed by atoms with Crippen molar-refractivity contribution < 1.29 is 4.79 Å². The third-order valence-electron chi connectivity index (χ3n) is 3.34. The lowest BCUT2D eigenvalue weighted by molar-refractivity contribution is -0.119. The maximum absolute atomic E-state index is 11.5. The molecule has 0 spiro atoms. The van der Waals surface area contributed by atoms with Gasteiger partial charge in [-0.1, -0.05) is 29.8 Å². The molecular weight excluding hydrogens is 218 g/mol. The van der Waals surface area contributed by atoms with E-state index in [-0.39, 0.29) is 11.8 Å². The van der Waals surface area contributed by atoms with Crippen molar-refractivity contribution in [3.63, 3.8) is 0 Å². The number of carbonyl (C=O) groups excluding carboxylic acids is 1. The summed E-state index contributed by atoms with van der Waals surface area (Å²) < 4.78 is 0. The number of hydrogen-bond donors (Lipinski definition) is 1. The molecule has 0 saturated heterocycles. The summed E-state index contributed by atoms with van der Waals surface area (Å²) in [6.07, 6.45) is 1.00. The molecule has 2 aliphatic rings. The van der Waals surface area contributed by atoms with Crippen LogP contribution >= 0.6 is 11.8 Å². The highest BCUT2D eigenvalue weighted by atomic mass is 32.2. The Bertz CT molecular complexity index is 492. The average molecular weight is 231 g/mol. The van der Waals surface area contributed by atoms with Crippen LogP contribution < -0.4 is 5.73 Å². The average Bonchev–Trinajstić information content (AvgIpc) is 2.66. The number of fused-ring (bicyclic) bond motifs is 2. The maximum Gasteiger partial charge on any atom is 0.225 e. The van der Waals surface area contributed by atoms with E-state index in [0.717, 1.165) is 17.9 Å². The number of hydrogen-bond acceptors (Lipinski definition) is 2. The van der Waals surface area contributed by atoms with Crippen LogP contribution in [0.1, 0.15) is 11.1 Å². The number of amides is 1. The van der Waals surface area contributed by atoms with Crippen LogP contribution in [-0.4, -0.2) is 17.4 Å². The second-order valence-electron chi connectivity index (χ2n) is 4.32. The summed E-state index contributed by atoms with van der Waals surface area (Å²) in [7, 11) is 0. The van der Waals surface area contributed by atoms with E-state index in [1.165, 1.54) is 22.3 Å². The number of thioether (sulfide) groups is 1. The monoisotopic (exact) mass is 231 g/mol. The highest BCUT2D eigenvalue weighted by Gasteiger charge is 2.33. The molecule has 1 aliphatic heterocycles. The summed E-state index contributed by atoms with van der Waals surface area (Å²) >= 11 is 1.82. The molecule has 16 heavy (non-hydrogen) atoms. The predicted octanol–water partition coefficient (Wildman–Crippen LogP) is 1.84. The molecule has 2 nitrogen and oxygen atoms in total. The second kappa shape index (κ2) is 3.67. The molecule has 3 heteroatoms. The van der Waals surface area contributed by atoms with E-state index >= 15 is 0 Å². The minimum absolute atomic E-state index is 0.0857. The SMILES string of the molecule is NC(=O)C1CSCC2=C1c1ccccc1C2. The molecule has 1 aromatic carbocycles. The zero-order valence-corrected chi connectivity index (χ0v) is 9.72. The Labute approximate surface area is 98.9 Å². The third-order valence-corrected chi connectivity index (χ3v) is 4.47. The number of benzene rings is 1. The quantitative estimate of drug-likeness (QED) is 0.801. The van der Waals surface area contributed by atoms with Gasteiger partial charge in [-0.05, 0) is 23.1 Å². The van der Waals surface area contributed by atoms with Gasteiger partial charge in [0.05, 0.1) is 5.92 Å². The van der Waals surface area contributed by atoms with Gasteiger partial charge in [0, 0.05) is 11.5 Å². The van der Waals surface area contributed by atoms with Gasteiger partial charge in [0.2, 0.25) is 5.91 Å². The number of nitrogens with two attached hydrogens (primary N) is 1. The van der Waals surface area contributed by atoms with Crippen molar-refractivity contribution in [2.75, 3.05) is 11.5 Å². The van der Waals surface area contributed by atoms with E-state index in [1.807, 2.05) is 17.8 Å². The summed E-state index contributed by atoms with van der Waals surface area (Å²) in [5, 5.41) is 0. The smallest absolute Gasteiger partial charge is 0.225 e. The van der Waals surface area contributed by atoms with Gasteiger partial charge in [-0.3, -0.25) is 4.79 Å². The molecule has 1 unspecified atom stereocenters. The van der Waals surface area contributed by atoms with Gasteiger partial charge in [-0.25, -0.2) is 0 Å². The summed E-state index contributed by atoms with van der Waals surface area (Å²) in [6, 6.07) is 8.36. The van der Waals surface area contributed by atoms with Crippen molar-refractivity contribution in [3.8, 4) is 0 Å². The molecule has 82 valence electrons. The minimum Gasteiger partial charge on any atom is -0.369 e. The summed E-state index contributed by atoms with van der Waals surface area (Å²) in [5.41, 5.74) is 10.7. The van der Waals surface area contributed by atoms with Gasteiger partial charge in [0.15, 0.2) is 0 Å². The number of primary amides is 1. The van der Waals surface area contributed by atoms with Crippen molar-refractivity contribution in [1.82, 2.24) is 0 Å².